The molecule has 0 saturated carbocycles. The molecule has 1 saturated heterocycles. The van der Waals surface area contributed by atoms with Gasteiger partial charge in [0.05, 0.1) is 20.6 Å². The standard InChI is InChI=1S/C24H27N3O4/c1-29-20-9-8-18(14-21(20)30-2)16-23(28)27-12-10-17(11-13-27)15-22-25-24(26-31-22)19-6-4-3-5-7-19/h3-9,14,17H,10-13,15-16H2,1-2H3. The SMILES string of the molecule is COc1ccc(CC(=O)N2CCC(Cc3nc(-c4ccccc4)no3)CC2)cc1OC. The van der Waals surface area contributed by atoms with E-state index in [9.17, 15) is 4.79 Å². The van der Waals surface area contributed by atoms with Crippen LogP contribution in [0, 0.1) is 5.92 Å². The van der Waals surface area contributed by atoms with Crippen molar-refractivity contribution in [1.82, 2.24) is 15.0 Å². The lowest BCUT2D eigenvalue weighted by Crippen LogP contribution is -2.39. The van der Waals surface area contributed by atoms with E-state index in [4.69, 9.17) is 14.0 Å². The highest BCUT2D eigenvalue weighted by Gasteiger charge is 2.25. The average Bonchev–Trinajstić information content (AvgIpc) is 3.28. The van der Waals surface area contributed by atoms with Crippen molar-refractivity contribution in [1.29, 1.82) is 0 Å². The fourth-order valence-electron chi connectivity index (χ4n) is 3.95. The molecule has 0 spiro atoms. The third kappa shape index (κ3) is 5.05. The Labute approximate surface area is 182 Å². The summed E-state index contributed by atoms with van der Waals surface area (Å²) in [6.45, 7) is 1.49. The van der Waals surface area contributed by atoms with Crippen molar-refractivity contribution in [3.05, 3.63) is 60.0 Å². The number of carbonyl (C=O) groups excluding carboxylic acids is 1. The molecule has 0 unspecified atom stereocenters. The first-order chi connectivity index (χ1) is 15.2. The number of ether oxygens (including phenoxy) is 2. The normalized spacial score (nSPS) is 14.5. The van der Waals surface area contributed by atoms with E-state index in [0.29, 0.717) is 35.6 Å². The van der Waals surface area contributed by atoms with E-state index < -0.39 is 0 Å². The van der Waals surface area contributed by atoms with Crippen LogP contribution < -0.4 is 9.47 Å². The summed E-state index contributed by atoms with van der Waals surface area (Å²) in [5, 5.41) is 4.10. The largest absolute Gasteiger partial charge is 0.493 e. The number of piperidine rings is 1. The summed E-state index contributed by atoms with van der Waals surface area (Å²) in [6, 6.07) is 15.4. The first-order valence-corrected chi connectivity index (χ1v) is 10.5. The first kappa shape index (κ1) is 20.9. The van der Waals surface area contributed by atoms with E-state index in [2.05, 4.69) is 10.1 Å². The topological polar surface area (TPSA) is 77.7 Å². The van der Waals surface area contributed by atoms with Gasteiger partial charge in [0.15, 0.2) is 11.5 Å². The molecular formula is C24H27N3O4. The number of nitrogens with zero attached hydrogens (tertiary/aromatic N) is 3. The minimum absolute atomic E-state index is 0.134. The summed E-state index contributed by atoms with van der Waals surface area (Å²) >= 11 is 0. The zero-order valence-electron chi connectivity index (χ0n) is 17.9. The van der Waals surface area contributed by atoms with Crippen molar-refractivity contribution in [2.45, 2.75) is 25.7 Å². The summed E-state index contributed by atoms with van der Waals surface area (Å²) < 4.78 is 16.0. The van der Waals surface area contributed by atoms with Gasteiger partial charge < -0.3 is 18.9 Å². The molecule has 4 rings (SSSR count). The van der Waals surface area contributed by atoms with Gasteiger partial charge in [-0.25, -0.2) is 0 Å². The van der Waals surface area contributed by atoms with Gasteiger partial charge in [-0.05, 0) is 36.5 Å². The monoisotopic (exact) mass is 421 g/mol. The van der Waals surface area contributed by atoms with Crippen LogP contribution in [0.4, 0.5) is 0 Å². The van der Waals surface area contributed by atoms with E-state index in [1.807, 2.05) is 53.4 Å². The van der Waals surface area contributed by atoms with Gasteiger partial charge in [0, 0.05) is 25.1 Å². The maximum absolute atomic E-state index is 12.8. The summed E-state index contributed by atoms with van der Waals surface area (Å²) in [7, 11) is 3.20. The molecule has 3 aromatic rings. The second kappa shape index (κ2) is 9.64. The number of amides is 1. The van der Waals surface area contributed by atoms with Crippen LogP contribution in [-0.4, -0.2) is 48.3 Å². The zero-order chi connectivity index (χ0) is 21.6. The molecule has 1 fully saturated rings. The number of rotatable bonds is 7. The zero-order valence-corrected chi connectivity index (χ0v) is 17.9. The Morgan fingerprint density at radius 3 is 2.52 bits per heavy atom. The molecule has 162 valence electrons. The summed E-state index contributed by atoms with van der Waals surface area (Å²) in [4.78, 5) is 19.2. The predicted molar refractivity (Wildman–Crippen MR) is 116 cm³/mol. The van der Waals surface area contributed by atoms with Crippen LogP contribution in [-0.2, 0) is 17.6 Å². The Kier molecular flexibility index (Phi) is 6.50. The van der Waals surface area contributed by atoms with E-state index in [1.54, 1.807) is 14.2 Å². The van der Waals surface area contributed by atoms with Crippen LogP contribution >= 0.6 is 0 Å². The molecule has 31 heavy (non-hydrogen) atoms. The van der Waals surface area contributed by atoms with Gasteiger partial charge >= 0.3 is 0 Å². The quantitative estimate of drug-likeness (QED) is 0.578. The highest BCUT2D eigenvalue weighted by Crippen LogP contribution is 2.28. The molecule has 0 N–H and O–H groups in total. The van der Waals surface area contributed by atoms with Gasteiger partial charge in [0.25, 0.3) is 0 Å². The molecule has 0 atom stereocenters. The van der Waals surface area contributed by atoms with Crippen LogP contribution in [0.25, 0.3) is 11.4 Å². The van der Waals surface area contributed by atoms with Gasteiger partial charge in [-0.15, -0.1) is 0 Å². The fraction of sp³-hybridized carbons (Fsp3) is 0.375. The number of methoxy groups -OCH3 is 2. The number of benzene rings is 2. The number of aromatic nitrogens is 2. The maximum atomic E-state index is 12.8. The Morgan fingerprint density at radius 1 is 1.06 bits per heavy atom. The Balaban J connectivity index is 1.29. The summed E-state index contributed by atoms with van der Waals surface area (Å²) in [6.07, 6.45) is 2.97. The lowest BCUT2D eigenvalue weighted by Gasteiger charge is -2.31. The van der Waals surface area contributed by atoms with Crippen molar-refractivity contribution < 1.29 is 18.8 Å². The van der Waals surface area contributed by atoms with Crippen molar-refractivity contribution in [2.24, 2.45) is 5.92 Å². The predicted octanol–water partition coefficient (Wildman–Crippen LogP) is 3.78. The average molecular weight is 421 g/mol. The molecule has 1 amide bonds. The summed E-state index contributed by atoms with van der Waals surface area (Å²) in [5.41, 5.74) is 1.87. The summed E-state index contributed by atoms with van der Waals surface area (Å²) in [5.74, 6) is 3.16. The van der Waals surface area contributed by atoms with E-state index in [1.165, 1.54) is 0 Å². The second-order valence-corrected chi connectivity index (χ2v) is 7.77. The molecule has 1 aliphatic heterocycles. The molecule has 7 heteroatoms. The van der Waals surface area contributed by atoms with E-state index in [-0.39, 0.29) is 5.91 Å². The second-order valence-electron chi connectivity index (χ2n) is 7.77. The number of likely N-dealkylation sites (tertiary alicyclic amines) is 1. The van der Waals surface area contributed by atoms with Gasteiger partial charge in [0.2, 0.25) is 17.6 Å². The number of hydrogen-bond acceptors (Lipinski definition) is 6. The van der Waals surface area contributed by atoms with Crippen LogP contribution in [0.15, 0.2) is 53.1 Å². The molecule has 1 aromatic heterocycles. The molecule has 0 bridgehead atoms. The lowest BCUT2D eigenvalue weighted by atomic mass is 9.93. The minimum atomic E-state index is 0.134. The molecular weight excluding hydrogens is 394 g/mol. The van der Waals surface area contributed by atoms with Crippen molar-refractivity contribution in [3.63, 3.8) is 0 Å². The van der Waals surface area contributed by atoms with Crippen LogP contribution in [0.5, 0.6) is 11.5 Å². The molecule has 1 aliphatic rings. The van der Waals surface area contributed by atoms with E-state index in [0.717, 1.165) is 43.5 Å². The molecule has 2 heterocycles. The third-order valence-corrected chi connectivity index (χ3v) is 5.73. The number of carbonyl (C=O) groups is 1. The van der Waals surface area contributed by atoms with Gasteiger partial charge in [0.1, 0.15) is 0 Å². The minimum Gasteiger partial charge on any atom is -0.493 e. The van der Waals surface area contributed by atoms with Gasteiger partial charge in [-0.3, -0.25) is 4.79 Å². The van der Waals surface area contributed by atoms with Gasteiger partial charge in [-0.2, -0.15) is 4.98 Å². The van der Waals surface area contributed by atoms with Crippen molar-refractivity contribution >= 4 is 5.91 Å². The van der Waals surface area contributed by atoms with E-state index >= 15 is 0 Å². The highest BCUT2D eigenvalue weighted by atomic mass is 16.5. The maximum Gasteiger partial charge on any atom is 0.227 e. The smallest absolute Gasteiger partial charge is 0.227 e. The third-order valence-electron chi connectivity index (χ3n) is 5.73. The van der Waals surface area contributed by atoms with Crippen molar-refractivity contribution in [2.75, 3.05) is 27.3 Å². The fourth-order valence-corrected chi connectivity index (χ4v) is 3.95. The lowest BCUT2D eigenvalue weighted by molar-refractivity contribution is -0.131. The molecule has 0 aliphatic carbocycles. The first-order valence-electron chi connectivity index (χ1n) is 10.5. The Morgan fingerprint density at radius 2 is 1.81 bits per heavy atom. The number of hydrogen-bond donors (Lipinski definition) is 0. The van der Waals surface area contributed by atoms with Crippen LogP contribution in [0.3, 0.4) is 0 Å². The van der Waals surface area contributed by atoms with Crippen molar-refractivity contribution in [3.8, 4) is 22.9 Å². The highest BCUT2D eigenvalue weighted by molar-refractivity contribution is 5.79. The van der Waals surface area contributed by atoms with Gasteiger partial charge in [-0.1, -0.05) is 41.6 Å². The van der Waals surface area contributed by atoms with Crippen LogP contribution in [0.1, 0.15) is 24.3 Å². The molecule has 0 radical (unpaired) electrons. The van der Waals surface area contributed by atoms with Crippen LogP contribution in [0.2, 0.25) is 0 Å². The Bertz CT molecular complexity index is 1010. The molecule has 7 nitrogen and oxygen atoms in total. The Hall–Kier alpha value is -3.35. The molecule has 2 aromatic carbocycles.